The van der Waals surface area contributed by atoms with Crippen molar-refractivity contribution in [1.29, 1.82) is 0 Å². The molecule has 1 aliphatic carbocycles. The summed E-state index contributed by atoms with van der Waals surface area (Å²) in [5, 5.41) is 0.781. The molecule has 0 heterocycles. The van der Waals surface area contributed by atoms with E-state index in [1.165, 1.54) is 19.3 Å². The van der Waals surface area contributed by atoms with Gasteiger partial charge >= 0.3 is 0 Å². The van der Waals surface area contributed by atoms with Gasteiger partial charge in [0.15, 0.2) is 0 Å². The van der Waals surface area contributed by atoms with Gasteiger partial charge in [0.1, 0.15) is 0 Å². The molecule has 0 radical (unpaired) electrons. The highest BCUT2D eigenvalue weighted by atomic mass is 79.9. The van der Waals surface area contributed by atoms with Crippen LogP contribution in [-0.4, -0.2) is 29.2 Å². The Bertz CT molecular complexity index is 145. The second-order valence-corrected chi connectivity index (χ2v) is 3.82. The summed E-state index contributed by atoms with van der Waals surface area (Å²) in [7, 11) is 1.91. The van der Waals surface area contributed by atoms with Crippen molar-refractivity contribution in [2.24, 2.45) is 0 Å². The molecule has 1 rings (SSSR count). The van der Waals surface area contributed by atoms with Crippen LogP contribution in [0.25, 0.3) is 0 Å². The summed E-state index contributed by atoms with van der Waals surface area (Å²) in [6.07, 6.45) is 4.32. The fraction of sp³-hybridized carbons (Fsp3) is 0.875. The first kappa shape index (κ1) is 9.04. The van der Waals surface area contributed by atoms with Crippen LogP contribution in [0.2, 0.25) is 0 Å². The Morgan fingerprint density at radius 2 is 2.27 bits per heavy atom. The van der Waals surface area contributed by atoms with Gasteiger partial charge in [0, 0.05) is 24.8 Å². The fourth-order valence-corrected chi connectivity index (χ4v) is 1.57. The Labute approximate surface area is 76.1 Å². The first-order chi connectivity index (χ1) is 5.25. The molecule has 64 valence electrons. The van der Waals surface area contributed by atoms with E-state index in [9.17, 15) is 4.79 Å². The maximum Gasteiger partial charge on any atom is 0.223 e. The van der Waals surface area contributed by atoms with Gasteiger partial charge in [0.05, 0.1) is 0 Å². The molecule has 0 aliphatic heterocycles. The largest absolute Gasteiger partial charge is 0.343 e. The van der Waals surface area contributed by atoms with Crippen molar-refractivity contribution < 1.29 is 4.79 Å². The maximum atomic E-state index is 11.3. The molecule has 0 aromatic rings. The lowest BCUT2D eigenvalue weighted by atomic mass is 9.92. The number of carbonyl (C=O) groups is 1. The van der Waals surface area contributed by atoms with Gasteiger partial charge in [-0.2, -0.15) is 0 Å². The molecule has 0 N–H and O–H groups in total. The normalized spacial score (nSPS) is 17.6. The van der Waals surface area contributed by atoms with E-state index >= 15 is 0 Å². The third-order valence-corrected chi connectivity index (χ3v) is 2.72. The first-order valence-corrected chi connectivity index (χ1v) is 5.19. The Balaban J connectivity index is 2.27. The Morgan fingerprint density at radius 1 is 1.64 bits per heavy atom. The van der Waals surface area contributed by atoms with Crippen molar-refractivity contribution in [3.8, 4) is 0 Å². The van der Waals surface area contributed by atoms with Crippen molar-refractivity contribution in [3.05, 3.63) is 0 Å². The molecule has 2 nitrogen and oxygen atoms in total. The van der Waals surface area contributed by atoms with Crippen LogP contribution < -0.4 is 0 Å². The Hall–Kier alpha value is -0.0500. The molecule has 0 aromatic heterocycles. The van der Waals surface area contributed by atoms with Crippen molar-refractivity contribution in [3.63, 3.8) is 0 Å². The van der Waals surface area contributed by atoms with Crippen LogP contribution >= 0.6 is 15.9 Å². The minimum Gasteiger partial charge on any atom is -0.343 e. The van der Waals surface area contributed by atoms with Gasteiger partial charge in [-0.1, -0.05) is 15.9 Å². The van der Waals surface area contributed by atoms with Crippen LogP contribution in [0.5, 0.6) is 0 Å². The predicted octanol–water partition coefficient (Wildman–Crippen LogP) is 1.78. The highest BCUT2D eigenvalue weighted by Crippen LogP contribution is 2.23. The van der Waals surface area contributed by atoms with E-state index in [1.54, 1.807) is 0 Å². The van der Waals surface area contributed by atoms with Gasteiger partial charge in [0.2, 0.25) is 5.91 Å². The van der Waals surface area contributed by atoms with E-state index in [4.69, 9.17) is 0 Å². The number of rotatable bonds is 3. The number of nitrogens with zero attached hydrogens (tertiary/aromatic N) is 1. The fourth-order valence-electron chi connectivity index (χ4n) is 1.23. The summed E-state index contributed by atoms with van der Waals surface area (Å²) in [6, 6.07) is 0.543. The molecule has 0 saturated heterocycles. The number of alkyl halides is 1. The molecule has 1 fully saturated rings. The lowest BCUT2D eigenvalue weighted by Crippen LogP contribution is -2.41. The molecule has 0 spiro atoms. The van der Waals surface area contributed by atoms with Gasteiger partial charge in [-0.3, -0.25) is 4.79 Å². The lowest BCUT2D eigenvalue weighted by Gasteiger charge is -2.34. The molecule has 0 aromatic carbocycles. The minimum absolute atomic E-state index is 0.270. The van der Waals surface area contributed by atoms with E-state index < -0.39 is 0 Å². The minimum atomic E-state index is 0.270. The molecular weight excluding hydrogens is 206 g/mol. The maximum absolute atomic E-state index is 11.3. The summed E-state index contributed by atoms with van der Waals surface area (Å²) in [4.78, 5) is 13.2. The molecule has 0 unspecified atom stereocenters. The van der Waals surface area contributed by atoms with Crippen LogP contribution in [0, 0.1) is 0 Å². The molecule has 0 atom stereocenters. The molecule has 0 bridgehead atoms. The average Bonchev–Trinajstić information content (AvgIpc) is 1.84. The Kier molecular flexibility index (Phi) is 3.37. The third kappa shape index (κ3) is 2.19. The van der Waals surface area contributed by atoms with Crippen LogP contribution in [0.3, 0.4) is 0 Å². The van der Waals surface area contributed by atoms with Crippen molar-refractivity contribution in [1.82, 2.24) is 4.90 Å². The zero-order valence-electron chi connectivity index (χ0n) is 6.85. The number of halogens is 1. The second kappa shape index (κ2) is 4.10. The SMILES string of the molecule is CN(C(=O)CCBr)C1CCC1. The smallest absolute Gasteiger partial charge is 0.223 e. The van der Waals surface area contributed by atoms with Gasteiger partial charge in [0.25, 0.3) is 0 Å². The monoisotopic (exact) mass is 219 g/mol. The topological polar surface area (TPSA) is 20.3 Å². The van der Waals surface area contributed by atoms with Crippen LogP contribution in [0.1, 0.15) is 25.7 Å². The lowest BCUT2D eigenvalue weighted by molar-refractivity contribution is -0.132. The highest BCUT2D eigenvalue weighted by Gasteiger charge is 2.24. The van der Waals surface area contributed by atoms with Crippen molar-refractivity contribution in [2.45, 2.75) is 31.7 Å². The number of hydrogen-bond donors (Lipinski definition) is 0. The van der Waals surface area contributed by atoms with Crippen molar-refractivity contribution in [2.75, 3.05) is 12.4 Å². The molecule has 1 saturated carbocycles. The zero-order chi connectivity index (χ0) is 8.27. The summed E-state index contributed by atoms with van der Waals surface area (Å²) in [6.45, 7) is 0. The van der Waals surface area contributed by atoms with E-state index in [0.29, 0.717) is 12.5 Å². The van der Waals surface area contributed by atoms with Gasteiger partial charge in [-0.05, 0) is 19.3 Å². The summed E-state index contributed by atoms with van der Waals surface area (Å²) in [5.41, 5.74) is 0. The quantitative estimate of drug-likeness (QED) is 0.664. The summed E-state index contributed by atoms with van der Waals surface area (Å²) >= 11 is 3.26. The van der Waals surface area contributed by atoms with E-state index in [0.717, 1.165) is 5.33 Å². The van der Waals surface area contributed by atoms with E-state index in [-0.39, 0.29) is 5.91 Å². The molecule has 3 heteroatoms. The van der Waals surface area contributed by atoms with E-state index in [2.05, 4.69) is 15.9 Å². The molecule has 11 heavy (non-hydrogen) atoms. The standard InChI is InChI=1S/C8H14BrNO/c1-10(7-3-2-4-7)8(11)5-6-9/h7H,2-6H2,1H3. The van der Waals surface area contributed by atoms with E-state index in [1.807, 2.05) is 11.9 Å². The predicted molar refractivity (Wildman–Crippen MR) is 48.8 cm³/mol. The summed E-state index contributed by atoms with van der Waals surface area (Å²) in [5.74, 6) is 0.270. The van der Waals surface area contributed by atoms with Crippen LogP contribution in [0.15, 0.2) is 0 Å². The second-order valence-electron chi connectivity index (χ2n) is 3.03. The summed E-state index contributed by atoms with van der Waals surface area (Å²) < 4.78 is 0. The average molecular weight is 220 g/mol. The zero-order valence-corrected chi connectivity index (χ0v) is 8.43. The molecule has 1 amide bonds. The van der Waals surface area contributed by atoms with Gasteiger partial charge in [-0.25, -0.2) is 0 Å². The molecular formula is C8H14BrNO. The number of amides is 1. The number of hydrogen-bond acceptors (Lipinski definition) is 1. The number of carbonyl (C=O) groups excluding carboxylic acids is 1. The van der Waals surface area contributed by atoms with Crippen LogP contribution in [0.4, 0.5) is 0 Å². The van der Waals surface area contributed by atoms with Crippen molar-refractivity contribution >= 4 is 21.8 Å². The van der Waals surface area contributed by atoms with Gasteiger partial charge in [-0.15, -0.1) is 0 Å². The van der Waals surface area contributed by atoms with Gasteiger partial charge < -0.3 is 4.90 Å². The highest BCUT2D eigenvalue weighted by molar-refractivity contribution is 9.09. The third-order valence-electron chi connectivity index (χ3n) is 2.32. The molecule has 1 aliphatic rings. The first-order valence-electron chi connectivity index (χ1n) is 4.07. The van der Waals surface area contributed by atoms with Crippen LogP contribution in [-0.2, 0) is 4.79 Å². The Morgan fingerprint density at radius 3 is 2.64 bits per heavy atom.